The number of aromatic nitrogens is 2. The second-order valence-electron chi connectivity index (χ2n) is 8.09. The molecule has 1 aliphatic carbocycles. The molecule has 0 atom stereocenters. The summed E-state index contributed by atoms with van der Waals surface area (Å²) in [6.07, 6.45) is 5.83. The fourth-order valence-corrected chi connectivity index (χ4v) is 4.57. The Morgan fingerprint density at radius 2 is 1.79 bits per heavy atom. The molecule has 1 aliphatic heterocycles. The highest BCUT2D eigenvalue weighted by molar-refractivity contribution is 5.97. The maximum Gasteiger partial charge on any atom is 0.256 e. The van der Waals surface area contributed by atoms with E-state index in [-0.39, 0.29) is 17.3 Å². The second-order valence-corrected chi connectivity index (χ2v) is 8.09. The lowest BCUT2D eigenvalue weighted by atomic mass is 9.89. The summed E-state index contributed by atoms with van der Waals surface area (Å²) in [7, 11) is 0. The Morgan fingerprint density at radius 3 is 2.54 bits per heavy atom. The number of nitrogens with zero attached hydrogens (tertiary/aromatic N) is 3. The highest BCUT2D eigenvalue weighted by Gasteiger charge is 2.26. The van der Waals surface area contributed by atoms with E-state index in [1.165, 1.54) is 0 Å². The summed E-state index contributed by atoms with van der Waals surface area (Å²) in [5.41, 5.74) is 2.94. The minimum Gasteiger partial charge on any atom is -0.302 e. The van der Waals surface area contributed by atoms with Gasteiger partial charge in [-0.25, -0.2) is 4.98 Å². The van der Waals surface area contributed by atoms with Gasteiger partial charge in [-0.05, 0) is 58.5 Å². The summed E-state index contributed by atoms with van der Waals surface area (Å²) in [6.45, 7) is 5.29. The van der Waals surface area contributed by atoms with Crippen LogP contribution in [-0.4, -0.2) is 39.9 Å². The quantitative estimate of drug-likeness (QED) is 0.750. The molecular formula is C23H29N3O2. The topological polar surface area (TPSA) is 55.2 Å². The fourth-order valence-electron chi connectivity index (χ4n) is 4.57. The predicted octanol–water partition coefficient (Wildman–Crippen LogP) is 3.03. The molecule has 1 fully saturated rings. The average Bonchev–Trinajstić information content (AvgIpc) is 2.74. The smallest absolute Gasteiger partial charge is 0.256 e. The summed E-state index contributed by atoms with van der Waals surface area (Å²) in [6, 6.07) is 9.61. The highest BCUT2D eigenvalue weighted by Crippen LogP contribution is 2.22. The number of Topliss-reactive ketones (excluding diaryl/α,β-unsaturated/α-hetero) is 1. The van der Waals surface area contributed by atoms with Gasteiger partial charge in [0, 0.05) is 30.1 Å². The molecule has 0 spiro atoms. The van der Waals surface area contributed by atoms with Crippen LogP contribution in [0.4, 0.5) is 0 Å². The van der Waals surface area contributed by atoms with Gasteiger partial charge < -0.3 is 4.90 Å². The Labute approximate surface area is 166 Å². The number of piperidine rings is 1. The molecule has 5 heteroatoms. The Balaban J connectivity index is 1.35. The fraction of sp³-hybridized carbons (Fsp3) is 0.522. The molecule has 0 radical (unpaired) electrons. The number of aryl methyl sites for hydroxylation is 2. The third kappa shape index (κ3) is 3.95. The van der Waals surface area contributed by atoms with Gasteiger partial charge in [0.1, 0.15) is 5.82 Å². The van der Waals surface area contributed by atoms with Crippen molar-refractivity contribution in [1.82, 2.24) is 14.5 Å². The van der Waals surface area contributed by atoms with Gasteiger partial charge in [-0.1, -0.05) is 30.3 Å². The van der Waals surface area contributed by atoms with Crippen LogP contribution in [0, 0.1) is 12.8 Å². The molecule has 0 N–H and O–H groups in total. The van der Waals surface area contributed by atoms with Crippen LogP contribution in [0.1, 0.15) is 53.1 Å². The maximum atomic E-state index is 12.9. The zero-order chi connectivity index (χ0) is 19.5. The number of hydrogen-bond donors (Lipinski definition) is 0. The standard InChI is InChI=1S/C23H29N3O2/c1-17-24-21-10-6-5-9-20(21)23(28)26(17)16-15-25-13-11-19(12-14-25)22(27)18-7-3-2-4-8-18/h2-4,7-8,19H,5-6,9-16H2,1H3. The van der Waals surface area contributed by atoms with E-state index in [0.717, 1.165) is 80.8 Å². The van der Waals surface area contributed by atoms with Crippen molar-refractivity contribution in [3.05, 3.63) is 63.3 Å². The normalized spacial score (nSPS) is 18.0. The van der Waals surface area contributed by atoms with E-state index in [1.807, 2.05) is 41.8 Å². The van der Waals surface area contributed by atoms with Gasteiger partial charge in [-0.2, -0.15) is 0 Å². The minimum atomic E-state index is 0.119. The lowest BCUT2D eigenvalue weighted by Gasteiger charge is -2.31. The molecule has 2 aliphatic rings. The van der Waals surface area contributed by atoms with E-state index in [0.29, 0.717) is 6.54 Å². The molecule has 0 unspecified atom stereocenters. The molecule has 0 bridgehead atoms. The monoisotopic (exact) mass is 379 g/mol. The van der Waals surface area contributed by atoms with Crippen molar-refractivity contribution in [1.29, 1.82) is 0 Å². The number of carbonyl (C=O) groups excluding carboxylic acids is 1. The third-order valence-corrected chi connectivity index (χ3v) is 6.29. The Kier molecular flexibility index (Phi) is 5.72. The minimum absolute atomic E-state index is 0.119. The first-order valence-corrected chi connectivity index (χ1v) is 10.5. The van der Waals surface area contributed by atoms with Crippen LogP contribution in [0.5, 0.6) is 0 Å². The average molecular weight is 380 g/mol. The zero-order valence-corrected chi connectivity index (χ0v) is 16.7. The van der Waals surface area contributed by atoms with Gasteiger partial charge in [0.15, 0.2) is 5.78 Å². The van der Waals surface area contributed by atoms with Gasteiger partial charge in [0.25, 0.3) is 5.56 Å². The van der Waals surface area contributed by atoms with Gasteiger partial charge in [-0.3, -0.25) is 14.2 Å². The lowest BCUT2D eigenvalue weighted by Crippen LogP contribution is -2.40. The molecule has 28 heavy (non-hydrogen) atoms. The van der Waals surface area contributed by atoms with Gasteiger partial charge in [0.2, 0.25) is 0 Å². The van der Waals surface area contributed by atoms with Crippen LogP contribution >= 0.6 is 0 Å². The van der Waals surface area contributed by atoms with Gasteiger partial charge >= 0.3 is 0 Å². The van der Waals surface area contributed by atoms with Gasteiger partial charge in [0.05, 0.1) is 5.69 Å². The van der Waals surface area contributed by atoms with Crippen molar-refractivity contribution in [3.8, 4) is 0 Å². The molecule has 2 aromatic rings. The zero-order valence-electron chi connectivity index (χ0n) is 16.7. The van der Waals surface area contributed by atoms with Crippen molar-refractivity contribution in [2.75, 3.05) is 19.6 Å². The molecule has 0 amide bonds. The molecule has 5 nitrogen and oxygen atoms in total. The number of carbonyl (C=O) groups is 1. The number of rotatable bonds is 5. The Bertz CT molecular complexity index is 896. The first kappa shape index (κ1) is 19.1. The van der Waals surface area contributed by atoms with Crippen LogP contribution < -0.4 is 5.56 Å². The largest absolute Gasteiger partial charge is 0.302 e. The summed E-state index contributed by atoms with van der Waals surface area (Å²) in [5.74, 6) is 1.22. The Hall–Kier alpha value is -2.27. The van der Waals surface area contributed by atoms with E-state index >= 15 is 0 Å². The molecule has 1 aromatic carbocycles. The molecule has 0 saturated carbocycles. The third-order valence-electron chi connectivity index (χ3n) is 6.29. The molecular weight excluding hydrogens is 350 g/mol. The number of ketones is 1. The first-order valence-electron chi connectivity index (χ1n) is 10.5. The first-order chi connectivity index (χ1) is 13.6. The van der Waals surface area contributed by atoms with Crippen LogP contribution in [0.15, 0.2) is 35.1 Å². The van der Waals surface area contributed by atoms with Crippen molar-refractivity contribution in [2.45, 2.75) is 52.0 Å². The van der Waals surface area contributed by atoms with E-state index < -0.39 is 0 Å². The summed E-state index contributed by atoms with van der Waals surface area (Å²) < 4.78 is 1.85. The molecule has 1 aromatic heterocycles. The van der Waals surface area contributed by atoms with Crippen LogP contribution in [0.25, 0.3) is 0 Å². The molecule has 2 heterocycles. The SMILES string of the molecule is Cc1nc2c(c(=O)n1CCN1CCC(C(=O)c3ccccc3)CC1)CCCC2. The van der Waals surface area contributed by atoms with Crippen LogP contribution in [0.2, 0.25) is 0 Å². The van der Waals surface area contributed by atoms with Crippen molar-refractivity contribution in [3.63, 3.8) is 0 Å². The van der Waals surface area contributed by atoms with Crippen LogP contribution in [0.3, 0.4) is 0 Å². The number of benzene rings is 1. The maximum absolute atomic E-state index is 12.9. The van der Waals surface area contributed by atoms with Crippen molar-refractivity contribution >= 4 is 5.78 Å². The number of likely N-dealkylation sites (tertiary alicyclic amines) is 1. The predicted molar refractivity (Wildman–Crippen MR) is 110 cm³/mol. The van der Waals surface area contributed by atoms with E-state index in [2.05, 4.69) is 4.90 Å². The lowest BCUT2D eigenvalue weighted by molar-refractivity contribution is 0.0837. The summed E-state index contributed by atoms with van der Waals surface area (Å²) in [5, 5.41) is 0. The second kappa shape index (κ2) is 8.39. The summed E-state index contributed by atoms with van der Waals surface area (Å²) >= 11 is 0. The van der Waals surface area contributed by atoms with Crippen molar-refractivity contribution < 1.29 is 4.79 Å². The molecule has 148 valence electrons. The molecule has 4 rings (SSSR count). The van der Waals surface area contributed by atoms with Gasteiger partial charge in [-0.15, -0.1) is 0 Å². The number of fused-ring (bicyclic) bond motifs is 1. The van der Waals surface area contributed by atoms with E-state index in [4.69, 9.17) is 4.98 Å². The van der Waals surface area contributed by atoms with Crippen LogP contribution in [-0.2, 0) is 19.4 Å². The van der Waals surface area contributed by atoms with Crippen molar-refractivity contribution in [2.24, 2.45) is 5.92 Å². The summed E-state index contributed by atoms with van der Waals surface area (Å²) in [4.78, 5) is 32.6. The Morgan fingerprint density at radius 1 is 1.07 bits per heavy atom. The van der Waals surface area contributed by atoms with E-state index in [1.54, 1.807) is 0 Å². The number of hydrogen-bond acceptors (Lipinski definition) is 4. The highest BCUT2D eigenvalue weighted by atomic mass is 16.1. The van der Waals surface area contributed by atoms with E-state index in [9.17, 15) is 9.59 Å². The molecule has 1 saturated heterocycles.